The minimum absolute atomic E-state index is 0.222. The second kappa shape index (κ2) is 4.19. The molecule has 0 aromatic heterocycles. The molecule has 0 unspecified atom stereocenters. The zero-order valence-corrected chi connectivity index (χ0v) is 7.11. The Morgan fingerprint density at radius 3 is 2.25 bits per heavy atom. The summed E-state index contributed by atoms with van der Waals surface area (Å²) in [6.45, 7) is 2.00. The van der Waals surface area contributed by atoms with Crippen LogP contribution in [-0.4, -0.2) is 0 Å². The molecule has 0 saturated heterocycles. The fourth-order valence-electron chi connectivity index (χ4n) is 1.12. The first-order chi connectivity index (χ1) is 5.75. The Hall–Kier alpha value is -0.920. The lowest BCUT2D eigenvalue weighted by atomic mass is 10.1. The number of halogens is 2. The summed E-state index contributed by atoms with van der Waals surface area (Å²) in [6.07, 6.45) is 2.28. The van der Waals surface area contributed by atoms with Crippen LogP contribution in [0.2, 0.25) is 0 Å². The molecule has 0 fully saturated rings. The molecule has 0 atom stereocenters. The van der Waals surface area contributed by atoms with Crippen molar-refractivity contribution >= 4 is 0 Å². The van der Waals surface area contributed by atoms with Gasteiger partial charge in [-0.1, -0.05) is 19.4 Å². The zero-order valence-electron chi connectivity index (χ0n) is 7.11. The lowest BCUT2D eigenvalue weighted by molar-refractivity contribution is 0.549. The van der Waals surface area contributed by atoms with Crippen molar-refractivity contribution in [1.29, 1.82) is 0 Å². The van der Waals surface area contributed by atoms with Gasteiger partial charge in [0, 0.05) is 5.56 Å². The van der Waals surface area contributed by atoms with E-state index in [0.717, 1.165) is 12.8 Å². The van der Waals surface area contributed by atoms with Gasteiger partial charge >= 0.3 is 0 Å². The maximum absolute atomic E-state index is 12.9. The molecule has 0 radical (unpaired) electrons. The van der Waals surface area contributed by atoms with Gasteiger partial charge in [0.2, 0.25) is 0 Å². The highest BCUT2D eigenvalue weighted by atomic mass is 19.1. The smallest absolute Gasteiger partial charge is 0.129 e. The minimum Gasteiger partial charge on any atom is -0.207 e. The van der Waals surface area contributed by atoms with Crippen LogP contribution in [0, 0.1) is 11.6 Å². The highest BCUT2D eigenvalue weighted by molar-refractivity contribution is 5.19. The highest BCUT2D eigenvalue weighted by Gasteiger charge is 2.06. The molecule has 0 aliphatic carbocycles. The molecule has 0 N–H and O–H groups in total. The molecule has 0 heterocycles. The molecule has 1 aromatic rings. The Morgan fingerprint density at radius 2 is 1.75 bits per heavy atom. The molecular weight excluding hydrogens is 158 g/mol. The van der Waals surface area contributed by atoms with Crippen LogP contribution in [-0.2, 0) is 6.42 Å². The van der Waals surface area contributed by atoms with Gasteiger partial charge in [-0.3, -0.25) is 0 Å². The summed E-state index contributed by atoms with van der Waals surface area (Å²) in [7, 11) is 0. The van der Waals surface area contributed by atoms with E-state index in [9.17, 15) is 8.78 Å². The van der Waals surface area contributed by atoms with Crippen LogP contribution >= 0.6 is 0 Å². The molecule has 0 amide bonds. The Morgan fingerprint density at radius 1 is 1.17 bits per heavy atom. The first kappa shape index (κ1) is 9.17. The molecule has 0 bridgehead atoms. The van der Waals surface area contributed by atoms with Crippen LogP contribution in [0.25, 0.3) is 0 Å². The summed E-state index contributed by atoms with van der Waals surface area (Å²) in [5.41, 5.74) is 0.222. The van der Waals surface area contributed by atoms with Crippen LogP contribution < -0.4 is 0 Å². The Bertz CT molecular complexity index is 236. The second-order valence-corrected chi connectivity index (χ2v) is 2.80. The van der Waals surface area contributed by atoms with Crippen molar-refractivity contribution in [3.05, 3.63) is 35.4 Å². The van der Waals surface area contributed by atoms with E-state index >= 15 is 0 Å². The van der Waals surface area contributed by atoms with Gasteiger partial charge < -0.3 is 0 Å². The maximum Gasteiger partial charge on any atom is 0.129 e. The van der Waals surface area contributed by atoms with Crippen molar-refractivity contribution in [3.63, 3.8) is 0 Å². The van der Waals surface area contributed by atoms with Gasteiger partial charge in [-0.05, 0) is 25.0 Å². The summed E-state index contributed by atoms with van der Waals surface area (Å²) in [5, 5.41) is 0. The summed E-state index contributed by atoms with van der Waals surface area (Å²) in [5.74, 6) is -0.855. The van der Waals surface area contributed by atoms with Gasteiger partial charge in [-0.25, -0.2) is 8.78 Å². The Balaban J connectivity index is 2.81. The van der Waals surface area contributed by atoms with Crippen molar-refractivity contribution in [2.75, 3.05) is 0 Å². The van der Waals surface area contributed by atoms with Gasteiger partial charge in [0.15, 0.2) is 0 Å². The molecule has 0 spiro atoms. The monoisotopic (exact) mass is 170 g/mol. The summed E-state index contributed by atoms with van der Waals surface area (Å²) in [4.78, 5) is 0. The Labute approximate surface area is 71.2 Å². The van der Waals surface area contributed by atoms with E-state index in [4.69, 9.17) is 0 Å². The standard InChI is InChI=1S/C10H12F2/c1-2-3-5-8-9(11)6-4-7-10(8)12/h4,6-7H,2-3,5H2,1H3. The summed E-state index contributed by atoms with van der Waals surface area (Å²) < 4.78 is 25.9. The highest BCUT2D eigenvalue weighted by Crippen LogP contribution is 2.14. The first-order valence-corrected chi connectivity index (χ1v) is 4.18. The molecule has 0 nitrogen and oxygen atoms in total. The summed E-state index contributed by atoms with van der Waals surface area (Å²) >= 11 is 0. The third kappa shape index (κ3) is 2.03. The fourth-order valence-corrected chi connectivity index (χ4v) is 1.12. The van der Waals surface area contributed by atoms with E-state index in [-0.39, 0.29) is 5.56 Å². The van der Waals surface area contributed by atoms with Crippen molar-refractivity contribution in [1.82, 2.24) is 0 Å². The molecule has 1 aromatic carbocycles. The average molecular weight is 170 g/mol. The number of unbranched alkanes of at least 4 members (excludes halogenated alkanes) is 1. The average Bonchev–Trinajstić information content (AvgIpc) is 2.04. The van der Waals surface area contributed by atoms with E-state index < -0.39 is 11.6 Å². The molecule has 66 valence electrons. The molecule has 1 rings (SSSR count). The predicted octanol–water partition coefficient (Wildman–Crippen LogP) is 3.31. The van der Waals surface area contributed by atoms with Crippen LogP contribution in [0.1, 0.15) is 25.3 Å². The van der Waals surface area contributed by atoms with E-state index in [2.05, 4.69) is 0 Å². The van der Waals surface area contributed by atoms with Gasteiger partial charge in [0.05, 0.1) is 0 Å². The Kier molecular flexibility index (Phi) is 3.20. The van der Waals surface area contributed by atoms with E-state index in [0.29, 0.717) is 6.42 Å². The fraction of sp³-hybridized carbons (Fsp3) is 0.400. The molecular formula is C10H12F2. The van der Waals surface area contributed by atoms with Gasteiger partial charge in [-0.15, -0.1) is 0 Å². The minimum atomic E-state index is -0.427. The number of hydrogen-bond donors (Lipinski definition) is 0. The van der Waals surface area contributed by atoms with E-state index in [1.807, 2.05) is 6.92 Å². The van der Waals surface area contributed by atoms with Crippen molar-refractivity contribution in [2.45, 2.75) is 26.2 Å². The van der Waals surface area contributed by atoms with E-state index in [1.165, 1.54) is 18.2 Å². The molecule has 0 saturated carbocycles. The third-order valence-corrected chi connectivity index (χ3v) is 1.84. The lowest BCUT2D eigenvalue weighted by Gasteiger charge is -2.02. The van der Waals surface area contributed by atoms with Crippen LogP contribution in [0.5, 0.6) is 0 Å². The first-order valence-electron chi connectivity index (χ1n) is 4.18. The number of rotatable bonds is 3. The molecule has 2 heteroatoms. The van der Waals surface area contributed by atoms with Crippen molar-refractivity contribution in [3.8, 4) is 0 Å². The third-order valence-electron chi connectivity index (χ3n) is 1.84. The largest absolute Gasteiger partial charge is 0.207 e. The van der Waals surface area contributed by atoms with Crippen LogP contribution in [0.3, 0.4) is 0 Å². The molecule has 0 aliphatic heterocycles. The van der Waals surface area contributed by atoms with Crippen molar-refractivity contribution in [2.24, 2.45) is 0 Å². The normalized spacial score (nSPS) is 10.2. The quantitative estimate of drug-likeness (QED) is 0.652. The molecule has 0 aliphatic rings. The number of hydrogen-bond acceptors (Lipinski definition) is 0. The van der Waals surface area contributed by atoms with Crippen LogP contribution in [0.4, 0.5) is 8.78 Å². The van der Waals surface area contributed by atoms with Crippen molar-refractivity contribution < 1.29 is 8.78 Å². The van der Waals surface area contributed by atoms with Gasteiger partial charge in [-0.2, -0.15) is 0 Å². The maximum atomic E-state index is 12.9. The number of benzene rings is 1. The second-order valence-electron chi connectivity index (χ2n) is 2.80. The SMILES string of the molecule is CCCCc1c(F)cccc1F. The van der Waals surface area contributed by atoms with Crippen LogP contribution in [0.15, 0.2) is 18.2 Å². The van der Waals surface area contributed by atoms with E-state index in [1.54, 1.807) is 0 Å². The van der Waals surface area contributed by atoms with Gasteiger partial charge in [0.25, 0.3) is 0 Å². The topological polar surface area (TPSA) is 0 Å². The molecule has 12 heavy (non-hydrogen) atoms. The lowest BCUT2D eigenvalue weighted by Crippen LogP contribution is -1.94. The van der Waals surface area contributed by atoms with Gasteiger partial charge in [0.1, 0.15) is 11.6 Å². The summed E-state index contributed by atoms with van der Waals surface area (Å²) in [6, 6.07) is 3.99. The predicted molar refractivity (Wildman–Crippen MR) is 45.0 cm³/mol. The zero-order chi connectivity index (χ0) is 8.97.